The second-order valence-corrected chi connectivity index (χ2v) is 8.61. The van der Waals surface area contributed by atoms with E-state index in [2.05, 4.69) is 18.2 Å². The number of imidazole rings is 1. The normalized spacial score (nSPS) is 14.4. The van der Waals surface area contributed by atoms with Gasteiger partial charge >= 0.3 is 0 Å². The number of carbonyl (C=O) groups is 2. The summed E-state index contributed by atoms with van der Waals surface area (Å²) in [6, 6.07) is 22.0. The molecule has 0 saturated carbocycles. The van der Waals surface area contributed by atoms with Gasteiger partial charge in [-0.05, 0) is 55.9 Å². The van der Waals surface area contributed by atoms with Gasteiger partial charge in [-0.15, -0.1) is 0 Å². The highest BCUT2D eigenvalue weighted by Gasteiger charge is 2.38. The van der Waals surface area contributed by atoms with E-state index in [-0.39, 0.29) is 10.7 Å². The predicted octanol–water partition coefficient (Wildman–Crippen LogP) is 4.41. The molecule has 1 saturated heterocycles. The van der Waals surface area contributed by atoms with Crippen molar-refractivity contribution < 1.29 is 9.59 Å². The summed E-state index contributed by atoms with van der Waals surface area (Å²) in [6.07, 6.45) is 1.59. The molecule has 0 spiro atoms. The van der Waals surface area contributed by atoms with Crippen molar-refractivity contribution in [2.45, 2.75) is 13.8 Å². The van der Waals surface area contributed by atoms with Crippen molar-refractivity contribution in [2.75, 3.05) is 13.1 Å². The van der Waals surface area contributed by atoms with Crippen molar-refractivity contribution in [3.8, 4) is 16.9 Å². The Hall–Kier alpha value is -4.04. The number of benzene rings is 2. The first-order valence-corrected chi connectivity index (χ1v) is 12.0. The summed E-state index contributed by atoms with van der Waals surface area (Å²) in [6.45, 7) is 4.45. The SMILES string of the molecule is CCN1C(=O)C(=Cc2nc3c(cc(-c4ccccc4)n3C)n2-c2ccccc2)C(=O)N(CC)C1=S. The van der Waals surface area contributed by atoms with Crippen LogP contribution in [-0.4, -0.2) is 53.9 Å². The van der Waals surface area contributed by atoms with Crippen LogP contribution < -0.4 is 0 Å². The second kappa shape index (κ2) is 8.96. The number of carbonyl (C=O) groups excluding carboxylic acids is 2. The smallest absolute Gasteiger partial charge is 0.265 e. The fourth-order valence-electron chi connectivity index (χ4n) is 4.50. The summed E-state index contributed by atoms with van der Waals surface area (Å²) >= 11 is 5.40. The Morgan fingerprint density at radius 3 is 2.03 bits per heavy atom. The van der Waals surface area contributed by atoms with Crippen LogP contribution in [0.2, 0.25) is 0 Å². The number of fused-ring (bicyclic) bond motifs is 1. The molecule has 176 valence electrons. The molecule has 0 radical (unpaired) electrons. The van der Waals surface area contributed by atoms with Crippen molar-refractivity contribution in [1.82, 2.24) is 23.9 Å². The number of rotatable bonds is 5. The number of hydrogen-bond donors (Lipinski definition) is 0. The van der Waals surface area contributed by atoms with Gasteiger partial charge in [0.1, 0.15) is 11.4 Å². The van der Waals surface area contributed by atoms with Crippen LogP contribution in [0.1, 0.15) is 19.7 Å². The highest BCUT2D eigenvalue weighted by atomic mass is 32.1. The number of amides is 2. The van der Waals surface area contributed by atoms with Gasteiger partial charge in [0.2, 0.25) is 0 Å². The first-order chi connectivity index (χ1) is 17.0. The quantitative estimate of drug-likeness (QED) is 0.240. The number of aryl methyl sites for hydroxylation is 1. The third kappa shape index (κ3) is 3.66. The molecule has 0 aliphatic carbocycles. The molecule has 35 heavy (non-hydrogen) atoms. The van der Waals surface area contributed by atoms with Gasteiger partial charge in [-0.2, -0.15) is 0 Å². The van der Waals surface area contributed by atoms with Crippen LogP contribution in [0.15, 0.2) is 72.3 Å². The maximum absolute atomic E-state index is 13.2. The maximum atomic E-state index is 13.2. The van der Waals surface area contributed by atoms with E-state index in [0.717, 1.165) is 28.1 Å². The summed E-state index contributed by atoms with van der Waals surface area (Å²) in [5.74, 6) is -0.291. The minimum Gasteiger partial charge on any atom is -0.327 e. The molecule has 1 aliphatic heterocycles. The van der Waals surface area contributed by atoms with E-state index in [1.807, 2.05) is 78.6 Å². The average Bonchev–Trinajstić information content (AvgIpc) is 3.39. The Labute approximate surface area is 208 Å². The number of aromatic nitrogens is 3. The molecule has 4 aromatic rings. The van der Waals surface area contributed by atoms with Crippen LogP contribution in [0.5, 0.6) is 0 Å². The molecule has 7 nitrogen and oxygen atoms in total. The van der Waals surface area contributed by atoms with Crippen LogP contribution in [0.4, 0.5) is 0 Å². The molecule has 8 heteroatoms. The topological polar surface area (TPSA) is 63.4 Å². The molecule has 0 N–H and O–H groups in total. The molecular weight excluding hydrogens is 458 g/mol. The van der Waals surface area contributed by atoms with Crippen LogP contribution in [-0.2, 0) is 16.6 Å². The molecule has 0 unspecified atom stereocenters. The molecule has 1 aliphatic rings. The number of hydrogen-bond acceptors (Lipinski definition) is 4. The Morgan fingerprint density at radius 2 is 1.46 bits per heavy atom. The zero-order valence-electron chi connectivity index (χ0n) is 19.8. The maximum Gasteiger partial charge on any atom is 0.265 e. The van der Waals surface area contributed by atoms with E-state index in [4.69, 9.17) is 17.2 Å². The Kier molecular flexibility index (Phi) is 5.82. The van der Waals surface area contributed by atoms with Crippen molar-refractivity contribution in [1.29, 1.82) is 0 Å². The molecule has 2 aromatic heterocycles. The summed E-state index contributed by atoms with van der Waals surface area (Å²) in [5.41, 5.74) is 4.68. The lowest BCUT2D eigenvalue weighted by molar-refractivity contribution is -0.133. The van der Waals surface area contributed by atoms with Crippen molar-refractivity contribution in [2.24, 2.45) is 7.05 Å². The largest absolute Gasteiger partial charge is 0.327 e. The van der Waals surface area contributed by atoms with Gasteiger partial charge in [0.15, 0.2) is 10.8 Å². The van der Waals surface area contributed by atoms with Crippen molar-refractivity contribution in [3.63, 3.8) is 0 Å². The summed E-state index contributed by atoms with van der Waals surface area (Å²) in [5, 5.41) is 0.242. The number of nitrogens with zero attached hydrogens (tertiary/aromatic N) is 5. The molecule has 2 aromatic carbocycles. The molecule has 5 rings (SSSR count). The van der Waals surface area contributed by atoms with Gasteiger partial charge in [0.25, 0.3) is 11.8 Å². The standard InChI is InChI=1S/C27H25N5O2S/c1-4-30-25(33)20(26(34)31(5-2)27(30)35)16-23-28-24-22(32(23)19-14-10-7-11-15-19)17-21(29(24)3)18-12-8-6-9-13-18/h6-17H,4-5H2,1-3H3. The third-order valence-corrected chi connectivity index (χ3v) is 6.72. The fraction of sp³-hybridized carbons (Fsp3) is 0.185. The number of likely N-dealkylation sites (N-methyl/N-ethyl adjacent to an activating group) is 2. The van der Waals surface area contributed by atoms with Gasteiger partial charge in [-0.3, -0.25) is 24.0 Å². The molecule has 0 atom stereocenters. The Bertz CT molecular complexity index is 1460. The van der Waals surface area contributed by atoms with Crippen molar-refractivity contribution >= 4 is 46.4 Å². The zero-order valence-corrected chi connectivity index (χ0v) is 20.6. The number of thiocarbonyl (C=S) groups is 1. The minimum absolute atomic E-state index is 0.0538. The minimum atomic E-state index is -0.399. The van der Waals surface area contributed by atoms with Gasteiger partial charge in [-0.1, -0.05) is 48.5 Å². The first kappa shape index (κ1) is 22.7. The molecule has 0 bridgehead atoms. The molecule has 3 heterocycles. The van der Waals surface area contributed by atoms with E-state index in [0.29, 0.717) is 18.9 Å². The highest BCUT2D eigenvalue weighted by molar-refractivity contribution is 7.80. The van der Waals surface area contributed by atoms with Gasteiger partial charge in [-0.25, -0.2) is 4.98 Å². The Morgan fingerprint density at radius 1 is 0.886 bits per heavy atom. The van der Waals surface area contributed by atoms with Gasteiger partial charge in [0, 0.05) is 25.8 Å². The molecule has 2 amide bonds. The molecule has 1 fully saturated rings. The predicted molar refractivity (Wildman–Crippen MR) is 141 cm³/mol. The van der Waals surface area contributed by atoms with Gasteiger partial charge < -0.3 is 4.57 Å². The van der Waals surface area contributed by atoms with E-state index in [1.54, 1.807) is 6.08 Å². The van der Waals surface area contributed by atoms with E-state index < -0.39 is 11.8 Å². The van der Waals surface area contributed by atoms with Crippen LogP contribution in [0.3, 0.4) is 0 Å². The lowest BCUT2D eigenvalue weighted by Crippen LogP contribution is -2.55. The Balaban J connectivity index is 1.74. The third-order valence-electron chi connectivity index (χ3n) is 6.27. The van der Waals surface area contributed by atoms with E-state index >= 15 is 0 Å². The van der Waals surface area contributed by atoms with Crippen molar-refractivity contribution in [3.05, 3.63) is 78.1 Å². The van der Waals surface area contributed by atoms with Crippen LogP contribution >= 0.6 is 12.2 Å². The monoisotopic (exact) mass is 483 g/mol. The van der Waals surface area contributed by atoms with Crippen LogP contribution in [0, 0.1) is 0 Å². The first-order valence-electron chi connectivity index (χ1n) is 11.5. The zero-order chi connectivity index (χ0) is 24.7. The second-order valence-electron chi connectivity index (χ2n) is 8.24. The van der Waals surface area contributed by atoms with E-state index in [1.165, 1.54) is 9.80 Å². The summed E-state index contributed by atoms with van der Waals surface area (Å²) < 4.78 is 4.01. The fourth-order valence-corrected chi connectivity index (χ4v) is 4.92. The summed E-state index contributed by atoms with van der Waals surface area (Å²) in [4.78, 5) is 34.3. The summed E-state index contributed by atoms with van der Waals surface area (Å²) in [7, 11) is 1.97. The number of para-hydroxylation sites is 1. The van der Waals surface area contributed by atoms with E-state index in [9.17, 15) is 9.59 Å². The highest BCUT2D eigenvalue weighted by Crippen LogP contribution is 2.31. The lowest BCUT2D eigenvalue weighted by atomic mass is 10.1. The van der Waals surface area contributed by atoms with Gasteiger partial charge in [0.05, 0.1) is 11.2 Å². The lowest BCUT2D eigenvalue weighted by Gasteiger charge is -2.35. The van der Waals surface area contributed by atoms with Crippen LogP contribution in [0.25, 0.3) is 34.2 Å². The molecular formula is C27H25N5O2S. The average molecular weight is 484 g/mol.